The van der Waals surface area contributed by atoms with E-state index in [9.17, 15) is 0 Å². The van der Waals surface area contributed by atoms with Crippen molar-refractivity contribution in [2.24, 2.45) is 5.92 Å². The Balaban J connectivity index is 2.32. The molecule has 0 aliphatic heterocycles. The molecule has 1 aliphatic carbocycles. The van der Waals surface area contributed by atoms with Crippen molar-refractivity contribution >= 4 is 0 Å². The molecule has 1 saturated carbocycles. The largest absolute Gasteiger partial charge is 0.383 e. The first kappa shape index (κ1) is 11.6. The maximum atomic E-state index is 5.47. The van der Waals surface area contributed by atoms with Gasteiger partial charge in [-0.1, -0.05) is 19.3 Å². The van der Waals surface area contributed by atoms with Crippen LogP contribution in [0, 0.1) is 18.3 Å². The minimum Gasteiger partial charge on any atom is -0.383 e. The Labute approximate surface area is 87.4 Å². The molecule has 0 spiro atoms. The van der Waals surface area contributed by atoms with Crippen LogP contribution in [0.5, 0.6) is 0 Å². The molecule has 2 heteroatoms. The zero-order valence-corrected chi connectivity index (χ0v) is 9.25. The maximum absolute atomic E-state index is 5.47. The monoisotopic (exact) mass is 195 g/mol. The summed E-state index contributed by atoms with van der Waals surface area (Å²) in [6, 6.07) is 0.688. The average molecular weight is 195 g/mol. The third-order valence-corrected chi connectivity index (χ3v) is 2.73. The van der Waals surface area contributed by atoms with Crippen LogP contribution in [0.3, 0.4) is 0 Å². The van der Waals surface area contributed by atoms with E-state index in [0.717, 1.165) is 25.4 Å². The van der Waals surface area contributed by atoms with Crippen molar-refractivity contribution in [2.75, 3.05) is 13.7 Å². The molecule has 2 nitrogen and oxygen atoms in total. The fraction of sp³-hybridized carbons (Fsp3) is 0.833. The summed E-state index contributed by atoms with van der Waals surface area (Å²) < 4.78 is 5.20. The van der Waals surface area contributed by atoms with E-state index in [1.807, 2.05) is 0 Å². The second-order valence-electron chi connectivity index (χ2n) is 4.07. The molecule has 80 valence electrons. The van der Waals surface area contributed by atoms with Crippen LogP contribution in [0.4, 0.5) is 0 Å². The van der Waals surface area contributed by atoms with Crippen molar-refractivity contribution < 1.29 is 4.74 Å². The lowest BCUT2D eigenvalue weighted by molar-refractivity contribution is 0.154. The summed E-state index contributed by atoms with van der Waals surface area (Å²) in [4.78, 5) is 0. The van der Waals surface area contributed by atoms with E-state index < -0.39 is 0 Å². The second kappa shape index (κ2) is 6.06. The lowest BCUT2D eigenvalue weighted by atomic mass is 10.1. The third kappa shape index (κ3) is 3.69. The Bertz CT molecular complexity index is 193. The third-order valence-electron chi connectivity index (χ3n) is 2.73. The average Bonchev–Trinajstić information content (AvgIpc) is 2.99. The van der Waals surface area contributed by atoms with E-state index >= 15 is 0 Å². The lowest BCUT2D eigenvalue weighted by Crippen LogP contribution is -2.41. The molecule has 1 rings (SSSR count). The molecule has 1 fully saturated rings. The number of hydrogen-bond donors (Lipinski definition) is 1. The van der Waals surface area contributed by atoms with Crippen LogP contribution in [-0.2, 0) is 4.74 Å². The van der Waals surface area contributed by atoms with Gasteiger partial charge in [0.15, 0.2) is 0 Å². The first-order valence-electron chi connectivity index (χ1n) is 5.53. The van der Waals surface area contributed by atoms with Gasteiger partial charge in [0.2, 0.25) is 0 Å². The lowest BCUT2D eigenvalue weighted by Gasteiger charge is -2.21. The van der Waals surface area contributed by atoms with Gasteiger partial charge in [-0.15, -0.1) is 6.42 Å². The van der Waals surface area contributed by atoms with Crippen molar-refractivity contribution in [3.63, 3.8) is 0 Å². The Hall–Kier alpha value is -0.520. The molecular formula is C12H21NO. The first-order valence-corrected chi connectivity index (χ1v) is 5.53. The predicted molar refractivity (Wildman–Crippen MR) is 59.1 cm³/mol. The molecular weight excluding hydrogens is 174 g/mol. The zero-order chi connectivity index (χ0) is 10.4. The minimum absolute atomic E-state index is 0.223. The summed E-state index contributed by atoms with van der Waals surface area (Å²) in [6.45, 7) is 2.95. The fourth-order valence-corrected chi connectivity index (χ4v) is 1.76. The predicted octanol–water partition coefficient (Wildman–Crippen LogP) is 1.80. The number of ether oxygens (including phenoxy) is 1. The molecule has 0 aromatic heterocycles. The highest BCUT2D eigenvalue weighted by atomic mass is 16.5. The summed E-state index contributed by atoms with van der Waals surface area (Å²) in [6.07, 6.45) is 10.3. The molecule has 0 bridgehead atoms. The summed E-state index contributed by atoms with van der Waals surface area (Å²) in [5.74, 6) is 3.60. The van der Waals surface area contributed by atoms with Gasteiger partial charge in [-0.3, -0.25) is 5.32 Å². The van der Waals surface area contributed by atoms with Crippen LogP contribution in [0.1, 0.15) is 32.6 Å². The van der Waals surface area contributed by atoms with Gasteiger partial charge in [0.1, 0.15) is 0 Å². The number of terminal acetylenes is 1. The molecule has 0 radical (unpaired) electrons. The van der Waals surface area contributed by atoms with Crippen molar-refractivity contribution in [1.29, 1.82) is 0 Å². The van der Waals surface area contributed by atoms with Gasteiger partial charge in [-0.2, -0.15) is 0 Å². The van der Waals surface area contributed by atoms with Crippen LogP contribution in [0.25, 0.3) is 0 Å². The van der Waals surface area contributed by atoms with E-state index in [-0.39, 0.29) is 6.04 Å². The Morgan fingerprint density at radius 2 is 2.29 bits per heavy atom. The fourth-order valence-electron chi connectivity index (χ4n) is 1.76. The second-order valence-corrected chi connectivity index (χ2v) is 4.07. The van der Waals surface area contributed by atoms with Gasteiger partial charge < -0.3 is 4.74 Å². The number of rotatable bonds is 7. The van der Waals surface area contributed by atoms with Crippen LogP contribution in [-0.4, -0.2) is 25.8 Å². The molecule has 1 N–H and O–H groups in total. The van der Waals surface area contributed by atoms with E-state index in [1.165, 1.54) is 12.8 Å². The van der Waals surface area contributed by atoms with Gasteiger partial charge in [-0.05, 0) is 25.2 Å². The number of methoxy groups -OCH3 is 1. The van der Waals surface area contributed by atoms with E-state index in [1.54, 1.807) is 7.11 Å². The summed E-state index contributed by atoms with van der Waals surface area (Å²) in [5.41, 5.74) is 0. The van der Waals surface area contributed by atoms with Crippen LogP contribution < -0.4 is 5.32 Å². The highest BCUT2D eigenvalue weighted by Gasteiger charge is 2.31. The number of nitrogens with one attached hydrogen (secondary N) is 1. The maximum Gasteiger partial charge on any atom is 0.0689 e. The van der Waals surface area contributed by atoms with E-state index in [4.69, 9.17) is 11.2 Å². The molecule has 14 heavy (non-hydrogen) atoms. The standard InChI is InChI=1S/C12H21NO/c1-4-6-11(5-2)13-12(9-14-3)10-7-8-10/h2,10-13H,4,6-9H2,1,3H3. The van der Waals surface area contributed by atoms with Crippen molar-refractivity contribution in [2.45, 2.75) is 44.7 Å². The quantitative estimate of drug-likeness (QED) is 0.625. The van der Waals surface area contributed by atoms with Gasteiger partial charge in [0.05, 0.1) is 12.6 Å². The van der Waals surface area contributed by atoms with Crippen molar-refractivity contribution in [1.82, 2.24) is 5.32 Å². The van der Waals surface area contributed by atoms with E-state index in [0.29, 0.717) is 6.04 Å². The summed E-state index contributed by atoms with van der Waals surface area (Å²) in [7, 11) is 1.75. The van der Waals surface area contributed by atoms with Gasteiger partial charge in [-0.25, -0.2) is 0 Å². The van der Waals surface area contributed by atoms with Gasteiger partial charge >= 0.3 is 0 Å². The molecule has 2 unspecified atom stereocenters. The number of hydrogen-bond acceptors (Lipinski definition) is 2. The van der Waals surface area contributed by atoms with Gasteiger partial charge in [0, 0.05) is 13.2 Å². The van der Waals surface area contributed by atoms with Crippen molar-refractivity contribution in [3.05, 3.63) is 0 Å². The normalized spacial score (nSPS) is 20.1. The SMILES string of the molecule is C#CC(CCC)NC(COC)C1CC1. The highest BCUT2D eigenvalue weighted by molar-refractivity contribution is 5.01. The molecule has 0 saturated heterocycles. The Morgan fingerprint density at radius 1 is 1.57 bits per heavy atom. The molecule has 2 atom stereocenters. The first-order chi connectivity index (χ1) is 6.81. The van der Waals surface area contributed by atoms with Gasteiger partial charge in [0.25, 0.3) is 0 Å². The molecule has 0 heterocycles. The van der Waals surface area contributed by atoms with Crippen LogP contribution in [0.2, 0.25) is 0 Å². The molecule has 0 amide bonds. The van der Waals surface area contributed by atoms with Crippen molar-refractivity contribution in [3.8, 4) is 12.3 Å². The smallest absolute Gasteiger partial charge is 0.0689 e. The summed E-state index contributed by atoms with van der Waals surface area (Å²) in [5, 5.41) is 3.51. The summed E-state index contributed by atoms with van der Waals surface area (Å²) >= 11 is 0. The zero-order valence-electron chi connectivity index (χ0n) is 9.25. The molecule has 0 aromatic rings. The Morgan fingerprint density at radius 3 is 2.71 bits per heavy atom. The molecule has 0 aromatic carbocycles. The van der Waals surface area contributed by atoms with Crippen LogP contribution >= 0.6 is 0 Å². The highest BCUT2D eigenvalue weighted by Crippen LogP contribution is 2.33. The van der Waals surface area contributed by atoms with Crippen LogP contribution in [0.15, 0.2) is 0 Å². The minimum atomic E-state index is 0.223. The van der Waals surface area contributed by atoms with E-state index in [2.05, 4.69) is 18.2 Å². The topological polar surface area (TPSA) is 21.3 Å². The Kier molecular flexibility index (Phi) is 5.00. The molecule has 1 aliphatic rings.